The van der Waals surface area contributed by atoms with E-state index >= 15 is 0 Å². The van der Waals surface area contributed by atoms with E-state index in [4.69, 9.17) is 9.47 Å². The summed E-state index contributed by atoms with van der Waals surface area (Å²) in [5.41, 5.74) is 2.12. The predicted octanol–water partition coefficient (Wildman–Crippen LogP) is 4.04. The van der Waals surface area contributed by atoms with Crippen LogP contribution in [-0.2, 0) is 11.2 Å². The number of aliphatic hydroxyl groups excluding tert-OH is 2. The number of ether oxygens (including phenoxy) is 2. The largest absolute Gasteiger partial charge is 0.493 e. The van der Waals surface area contributed by atoms with Gasteiger partial charge in [0.25, 0.3) is 5.91 Å². The number of rotatable bonds is 8. The molecule has 198 valence electrons. The molecule has 4 rings (SSSR count). The maximum absolute atomic E-state index is 13.2. The third kappa shape index (κ3) is 6.19. The molecule has 1 saturated heterocycles. The summed E-state index contributed by atoms with van der Waals surface area (Å²) in [6.07, 6.45) is -1.58. The number of benzene rings is 3. The summed E-state index contributed by atoms with van der Waals surface area (Å²) in [6, 6.07) is 24.9. The molecule has 6 heteroatoms. The van der Waals surface area contributed by atoms with Gasteiger partial charge in [0.15, 0.2) is 11.5 Å². The van der Waals surface area contributed by atoms with Crippen LogP contribution in [0.25, 0.3) is 0 Å². The molecule has 1 aliphatic rings. The average Bonchev–Trinajstić information content (AvgIpc) is 3.30. The predicted molar refractivity (Wildman–Crippen MR) is 147 cm³/mol. The van der Waals surface area contributed by atoms with Crippen LogP contribution in [0, 0.1) is 17.3 Å². The second kappa shape index (κ2) is 12.2. The number of nitrogens with zero attached hydrogens (tertiary/aromatic N) is 1. The fourth-order valence-corrected chi connectivity index (χ4v) is 5.02. The van der Waals surface area contributed by atoms with Crippen LogP contribution in [0.3, 0.4) is 0 Å². The van der Waals surface area contributed by atoms with Crippen LogP contribution in [0.15, 0.2) is 78.9 Å². The quantitative estimate of drug-likeness (QED) is 0.445. The van der Waals surface area contributed by atoms with Crippen LogP contribution < -0.4 is 9.47 Å². The van der Waals surface area contributed by atoms with Gasteiger partial charge < -0.3 is 24.6 Å². The van der Waals surface area contributed by atoms with E-state index in [9.17, 15) is 15.0 Å². The second-order valence-electron chi connectivity index (χ2n) is 10.0. The minimum absolute atomic E-state index is 0.168. The van der Waals surface area contributed by atoms with Gasteiger partial charge in [0.1, 0.15) is 12.7 Å². The maximum Gasteiger partial charge on any atom is 0.251 e. The Bertz CT molecular complexity index is 1280. The van der Waals surface area contributed by atoms with Crippen LogP contribution in [-0.4, -0.2) is 60.0 Å². The molecule has 4 atom stereocenters. The number of methoxy groups -OCH3 is 1. The lowest BCUT2D eigenvalue weighted by Crippen LogP contribution is -2.41. The summed E-state index contributed by atoms with van der Waals surface area (Å²) in [4.78, 5) is 14.9. The minimum atomic E-state index is -1.15. The molecule has 3 aromatic rings. The highest BCUT2D eigenvalue weighted by molar-refractivity contribution is 5.81. The van der Waals surface area contributed by atoms with Crippen LogP contribution in [0.1, 0.15) is 36.5 Å². The van der Waals surface area contributed by atoms with Gasteiger partial charge in [-0.15, -0.1) is 0 Å². The smallest absolute Gasteiger partial charge is 0.251 e. The molecule has 0 spiro atoms. The first-order valence-corrected chi connectivity index (χ1v) is 12.9. The van der Waals surface area contributed by atoms with Crippen molar-refractivity contribution in [2.75, 3.05) is 26.8 Å². The Labute approximate surface area is 224 Å². The molecule has 6 nitrogen and oxygen atoms in total. The molecule has 0 saturated carbocycles. The first-order chi connectivity index (χ1) is 18.3. The van der Waals surface area contributed by atoms with E-state index in [0.29, 0.717) is 24.6 Å². The Morgan fingerprint density at radius 2 is 1.74 bits per heavy atom. The van der Waals surface area contributed by atoms with Crippen LogP contribution in [0.5, 0.6) is 11.5 Å². The molecular weight excluding hydrogens is 478 g/mol. The van der Waals surface area contributed by atoms with E-state index in [0.717, 1.165) is 16.7 Å². The highest BCUT2D eigenvalue weighted by Crippen LogP contribution is 2.47. The Hall–Kier alpha value is -3.79. The summed E-state index contributed by atoms with van der Waals surface area (Å²) in [5.74, 6) is 6.75. The maximum atomic E-state index is 13.2. The van der Waals surface area contributed by atoms with Gasteiger partial charge in [0.05, 0.1) is 13.2 Å². The fourth-order valence-electron chi connectivity index (χ4n) is 5.02. The number of aliphatic hydroxyl groups is 2. The van der Waals surface area contributed by atoms with E-state index in [2.05, 4.69) is 11.8 Å². The van der Waals surface area contributed by atoms with Gasteiger partial charge in [-0.3, -0.25) is 4.79 Å². The molecule has 38 heavy (non-hydrogen) atoms. The van der Waals surface area contributed by atoms with Crippen molar-refractivity contribution < 1.29 is 24.5 Å². The zero-order chi connectivity index (χ0) is 27.1. The number of carbonyl (C=O) groups excluding carboxylic acids is 1. The third-order valence-corrected chi connectivity index (χ3v) is 7.45. The number of likely N-dealkylation sites (tertiary alicyclic amines) is 1. The van der Waals surface area contributed by atoms with E-state index in [1.54, 1.807) is 18.9 Å². The van der Waals surface area contributed by atoms with E-state index in [1.807, 2.05) is 85.8 Å². The van der Waals surface area contributed by atoms with Gasteiger partial charge in [0, 0.05) is 36.4 Å². The summed E-state index contributed by atoms with van der Waals surface area (Å²) in [5, 5.41) is 21.5. The standard InChI is InChI=1S/C32H35NO5/c1-23(34)32(2)22-33(31(36)28(35)19-25-13-8-5-9-14-25)21-27(32)26-16-17-29(37-3)30(20-26)38-18-10-15-24-11-6-4-7-12-24/h4-9,11-14,16-17,20,23,27-28,34-35H,18-19,21-22H2,1-3H3/t23-,27+,28?,32+/m1/s1. The normalized spacial score (nSPS) is 20.2. The van der Waals surface area contributed by atoms with Gasteiger partial charge in [0.2, 0.25) is 0 Å². The number of hydrogen-bond donors (Lipinski definition) is 2. The minimum Gasteiger partial charge on any atom is -0.493 e. The first-order valence-electron chi connectivity index (χ1n) is 12.9. The molecule has 0 aromatic heterocycles. The van der Waals surface area contributed by atoms with Gasteiger partial charge in [-0.25, -0.2) is 0 Å². The van der Waals surface area contributed by atoms with Gasteiger partial charge in [-0.2, -0.15) is 0 Å². The molecule has 1 amide bonds. The average molecular weight is 514 g/mol. The second-order valence-corrected chi connectivity index (χ2v) is 10.0. The molecule has 0 radical (unpaired) electrons. The molecule has 1 fully saturated rings. The molecule has 0 bridgehead atoms. The van der Waals surface area contributed by atoms with E-state index in [-0.39, 0.29) is 24.9 Å². The highest BCUT2D eigenvalue weighted by Gasteiger charge is 2.49. The molecule has 1 unspecified atom stereocenters. The van der Waals surface area contributed by atoms with Crippen LogP contribution >= 0.6 is 0 Å². The summed E-state index contributed by atoms with van der Waals surface area (Å²) in [7, 11) is 1.58. The van der Waals surface area contributed by atoms with Crippen LogP contribution in [0.4, 0.5) is 0 Å². The molecular formula is C32H35NO5. The van der Waals surface area contributed by atoms with Crippen molar-refractivity contribution in [3.05, 3.63) is 95.6 Å². The van der Waals surface area contributed by atoms with Crippen molar-refractivity contribution in [1.29, 1.82) is 0 Å². The summed E-state index contributed by atoms with van der Waals surface area (Å²) in [6.45, 7) is 4.64. The number of hydrogen-bond acceptors (Lipinski definition) is 5. The molecule has 1 aliphatic heterocycles. The summed E-state index contributed by atoms with van der Waals surface area (Å²) < 4.78 is 11.5. The lowest BCUT2D eigenvalue weighted by Gasteiger charge is -2.34. The van der Waals surface area contributed by atoms with Crippen molar-refractivity contribution >= 4 is 5.91 Å². The lowest BCUT2D eigenvalue weighted by molar-refractivity contribution is -0.139. The van der Waals surface area contributed by atoms with Gasteiger partial charge >= 0.3 is 0 Å². The molecule has 3 aromatic carbocycles. The zero-order valence-electron chi connectivity index (χ0n) is 22.1. The van der Waals surface area contributed by atoms with Crippen molar-refractivity contribution in [3.8, 4) is 23.3 Å². The molecule has 2 N–H and O–H groups in total. The van der Waals surface area contributed by atoms with E-state index in [1.165, 1.54) is 0 Å². The first kappa shape index (κ1) is 27.3. The Kier molecular flexibility index (Phi) is 8.73. The molecule has 1 heterocycles. The highest BCUT2D eigenvalue weighted by atomic mass is 16.5. The third-order valence-electron chi connectivity index (χ3n) is 7.45. The Morgan fingerprint density at radius 3 is 2.39 bits per heavy atom. The van der Waals surface area contributed by atoms with E-state index < -0.39 is 17.6 Å². The van der Waals surface area contributed by atoms with Crippen molar-refractivity contribution in [2.24, 2.45) is 5.41 Å². The van der Waals surface area contributed by atoms with Gasteiger partial charge in [-0.05, 0) is 42.3 Å². The Balaban J connectivity index is 1.52. The summed E-state index contributed by atoms with van der Waals surface area (Å²) >= 11 is 0. The number of amides is 1. The fraction of sp³-hybridized carbons (Fsp3) is 0.344. The lowest BCUT2D eigenvalue weighted by atomic mass is 9.72. The Morgan fingerprint density at radius 1 is 1.05 bits per heavy atom. The van der Waals surface area contributed by atoms with Crippen molar-refractivity contribution in [1.82, 2.24) is 4.90 Å². The zero-order valence-corrected chi connectivity index (χ0v) is 22.1. The topological polar surface area (TPSA) is 79.2 Å². The SMILES string of the molecule is COc1ccc([C@@H]2CN(C(=O)C(O)Cc3ccccc3)C[C@@]2(C)[C@@H](C)O)cc1OCC#Cc1ccccc1. The van der Waals surface area contributed by atoms with Crippen LogP contribution in [0.2, 0.25) is 0 Å². The number of carbonyl (C=O) groups is 1. The van der Waals surface area contributed by atoms with Crippen molar-refractivity contribution in [2.45, 2.75) is 38.4 Å². The van der Waals surface area contributed by atoms with Crippen molar-refractivity contribution in [3.63, 3.8) is 0 Å². The van der Waals surface area contributed by atoms with Gasteiger partial charge in [-0.1, -0.05) is 73.4 Å². The monoisotopic (exact) mass is 513 g/mol. The molecule has 0 aliphatic carbocycles.